The normalized spacial score (nSPS) is 17.1. The fourth-order valence-corrected chi connectivity index (χ4v) is 3.16. The zero-order valence-electron chi connectivity index (χ0n) is 16.6. The van der Waals surface area contributed by atoms with Crippen molar-refractivity contribution in [2.24, 2.45) is 0 Å². The van der Waals surface area contributed by atoms with E-state index in [1.54, 1.807) is 23.1 Å². The lowest BCUT2D eigenvalue weighted by atomic mass is 10.1. The Morgan fingerprint density at radius 3 is 2.28 bits per heavy atom. The minimum atomic E-state index is 0.0139. The highest BCUT2D eigenvalue weighted by atomic mass is 16.3. The molecule has 0 aromatic heterocycles. The summed E-state index contributed by atoms with van der Waals surface area (Å²) in [5, 5.41) is 10.3. The van der Waals surface area contributed by atoms with Crippen LogP contribution in [0.2, 0.25) is 0 Å². The molecule has 0 saturated heterocycles. The van der Waals surface area contributed by atoms with E-state index < -0.39 is 0 Å². The molecule has 1 saturated carbocycles. The summed E-state index contributed by atoms with van der Waals surface area (Å²) in [5.74, 6) is 0.104. The van der Waals surface area contributed by atoms with Crippen molar-refractivity contribution in [1.29, 1.82) is 0 Å². The molecule has 25 heavy (non-hydrogen) atoms. The predicted molar refractivity (Wildman–Crippen MR) is 104 cm³/mol. The van der Waals surface area contributed by atoms with Gasteiger partial charge >= 0.3 is 0 Å². The van der Waals surface area contributed by atoms with Gasteiger partial charge in [0.05, 0.1) is 5.70 Å². The Balaban J connectivity index is 3.07. The maximum Gasteiger partial charge on any atom is 0.226 e. The van der Waals surface area contributed by atoms with E-state index in [4.69, 9.17) is 0 Å². The van der Waals surface area contributed by atoms with Crippen LogP contribution >= 0.6 is 0 Å². The topological polar surface area (TPSA) is 47.0 Å². The first-order valence-corrected chi connectivity index (χ1v) is 9.23. The SMILES string of the molecule is C=C/C(=C(O)\C=C/C)N(CC1(N(CC)CCN(C)C)CC1)C(=O)CC. The molecule has 5 nitrogen and oxygen atoms in total. The van der Waals surface area contributed by atoms with Crippen LogP contribution in [0, 0.1) is 0 Å². The van der Waals surface area contributed by atoms with Crippen molar-refractivity contribution in [2.45, 2.75) is 45.6 Å². The number of aliphatic hydroxyl groups excluding tert-OH is 1. The number of likely N-dealkylation sites (N-methyl/N-ethyl adjacent to an activating group) is 2. The fourth-order valence-electron chi connectivity index (χ4n) is 3.16. The summed E-state index contributed by atoms with van der Waals surface area (Å²) >= 11 is 0. The number of carbonyl (C=O) groups excluding carboxylic acids is 1. The first kappa shape index (κ1) is 21.5. The van der Waals surface area contributed by atoms with Gasteiger partial charge in [0.2, 0.25) is 5.91 Å². The van der Waals surface area contributed by atoms with Crippen molar-refractivity contribution in [3.05, 3.63) is 36.3 Å². The summed E-state index contributed by atoms with van der Waals surface area (Å²) < 4.78 is 0. The number of carbonyl (C=O) groups is 1. The standard InChI is InChI=1S/C20H35N3O2/c1-7-11-18(24)17(8-2)23(19(25)9-3)16-20(12-13-20)22(10-4)15-14-21(5)6/h7-8,11,24H,2,9-10,12-16H2,1,3-6H3/b11-7-,18-17-. The van der Waals surface area contributed by atoms with Gasteiger partial charge in [-0.25, -0.2) is 0 Å². The van der Waals surface area contributed by atoms with Crippen molar-refractivity contribution in [3.63, 3.8) is 0 Å². The zero-order chi connectivity index (χ0) is 19.0. The molecule has 1 fully saturated rings. The molecular weight excluding hydrogens is 314 g/mol. The Kier molecular flexibility index (Phi) is 8.39. The average Bonchev–Trinajstić information content (AvgIpc) is 3.35. The number of hydrogen-bond donors (Lipinski definition) is 1. The van der Waals surface area contributed by atoms with Gasteiger partial charge in [-0.15, -0.1) is 0 Å². The van der Waals surface area contributed by atoms with Crippen LogP contribution in [-0.2, 0) is 4.79 Å². The van der Waals surface area contributed by atoms with Crippen LogP contribution in [-0.4, -0.2) is 71.5 Å². The van der Waals surface area contributed by atoms with Gasteiger partial charge in [-0.05, 0) is 52.6 Å². The maximum absolute atomic E-state index is 12.6. The van der Waals surface area contributed by atoms with E-state index >= 15 is 0 Å². The summed E-state index contributed by atoms with van der Waals surface area (Å²) in [7, 11) is 4.15. The van der Waals surface area contributed by atoms with E-state index in [0.717, 1.165) is 32.5 Å². The number of allylic oxidation sites excluding steroid dienone is 3. The van der Waals surface area contributed by atoms with Gasteiger partial charge in [-0.1, -0.05) is 26.5 Å². The highest BCUT2D eigenvalue weighted by Crippen LogP contribution is 2.43. The van der Waals surface area contributed by atoms with E-state index in [-0.39, 0.29) is 17.2 Å². The average molecular weight is 350 g/mol. The monoisotopic (exact) mass is 349 g/mol. The lowest BCUT2D eigenvalue weighted by Crippen LogP contribution is -2.49. The summed E-state index contributed by atoms with van der Waals surface area (Å²) in [4.78, 5) is 19.0. The second-order valence-corrected chi connectivity index (χ2v) is 6.92. The summed E-state index contributed by atoms with van der Waals surface area (Å²) in [6, 6.07) is 0. The quantitative estimate of drug-likeness (QED) is 0.460. The van der Waals surface area contributed by atoms with Crippen LogP contribution < -0.4 is 0 Å². The van der Waals surface area contributed by atoms with E-state index in [1.165, 1.54) is 0 Å². The molecule has 0 spiro atoms. The van der Waals surface area contributed by atoms with Crippen LogP contribution in [0.1, 0.15) is 40.0 Å². The number of rotatable bonds is 11. The molecule has 0 aromatic rings. The molecule has 0 bridgehead atoms. The van der Waals surface area contributed by atoms with Gasteiger partial charge in [0.1, 0.15) is 5.76 Å². The molecule has 1 N–H and O–H groups in total. The van der Waals surface area contributed by atoms with Gasteiger partial charge < -0.3 is 14.9 Å². The molecule has 1 rings (SSSR count). The minimum absolute atomic E-state index is 0.0139. The summed E-state index contributed by atoms with van der Waals surface area (Å²) in [6.07, 6.45) is 7.51. The smallest absolute Gasteiger partial charge is 0.226 e. The molecule has 0 atom stereocenters. The lowest BCUT2D eigenvalue weighted by molar-refractivity contribution is -0.129. The number of nitrogens with zero attached hydrogens (tertiary/aromatic N) is 3. The maximum atomic E-state index is 12.6. The largest absolute Gasteiger partial charge is 0.506 e. The third-order valence-corrected chi connectivity index (χ3v) is 4.82. The lowest BCUT2D eigenvalue weighted by Gasteiger charge is -2.36. The van der Waals surface area contributed by atoms with Crippen LogP contribution in [0.25, 0.3) is 0 Å². The molecule has 1 aliphatic carbocycles. The number of aliphatic hydroxyl groups is 1. The van der Waals surface area contributed by atoms with Crippen molar-refractivity contribution in [1.82, 2.24) is 14.7 Å². The summed E-state index contributed by atoms with van der Waals surface area (Å²) in [6.45, 7) is 13.2. The molecule has 5 heteroatoms. The van der Waals surface area contributed by atoms with Crippen LogP contribution in [0.3, 0.4) is 0 Å². The highest BCUT2D eigenvalue weighted by molar-refractivity contribution is 5.78. The van der Waals surface area contributed by atoms with Gasteiger partial charge in [-0.2, -0.15) is 0 Å². The third kappa shape index (κ3) is 5.72. The van der Waals surface area contributed by atoms with Crippen molar-refractivity contribution >= 4 is 5.91 Å². The fraction of sp³-hybridized carbons (Fsp3) is 0.650. The van der Waals surface area contributed by atoms with E-state index in [0.29, 0.717) is 18.7 Å². The van der Waals surface area contributed by atoms with Crippen LogP contribution in [0.5, 0.6) is 0 Å². The molecule has 0 radical (unpaired) electrons. The Bertz CT molecular complexity index is 519. The molecule has 142 valence electrons. The predicted octanol–water partition coefficient (Wildman–Crippen LogP) is 3.17. The Morgan fingerprint density at radius 2 is 1.88 bits per heavy atom. The Morgan fingerprint density at radius 1 is 1.24 bits per heavy atom. The van der Waals surface area contributed by atoms with Crippen molar-refractivity contribution in [2.75, 3.05) is 40.3 Å². The third-order valence-electron chi connectivity index (χ3n) is 4.82. The second-order valence-electron chi connectivity index (χ2n) is 6.92. The first-order valence-electron chi connectivity index (χ1n) is 9.23. The van der Waals surface area contributed by atoms with Gasteiger partial charge in [0.15, 0.2) is 0 Å². The number of hydrogen-bond acceptors (Lipinski definition) is 4. The number of amides is 1. The minimum Gasteiger partial charge on any atom is -0.506 e. The molecule has 0 unspecified atom stereocenters. The zero-order valence-corrected chi connectivity index (χ0v) is 16.6. The Hall–Kier alpha value is -1.59. The molecule has 1 amide bonds. The van der Waals surface area contributed by atoms with Crippen molar-refractivity contribution < 1.29 is 9.90 Å². The van der Waals surface area contributed by atoms with Gasteiger partial charge in [0.25, 0.3) is 0 Å². The molecular formula is C20H35N3O2. The highest BCUT2D eigenvalue weighted by Gasteiger charge is 2.49. The summed E-state index contributed by atoms with van der Waals surface area (Å²) in [5.41, 5.74) is 0.514. The molecule has 1 aliphatic rings. The molecule has 0 aromatic carbocycles. The van der Waals surface area contributed by atoms with Crippen LogP contribution in [0.15, 0.2) is 36.3 Å². The molecule has 0 aliphatic heterocycles. The van der Waals surface area contributed by atoms with E-state index in [9.17, 15) is 9.90 Å². The van der Waals surface area contributed by atoms with E-state index in [1.807, 2.05) is 13.8 Å². The molecule has 0 heterocycles. The van der Waals surface area contributed by atoms with Gasteiger partial charge in [-0.3, -0.25) is 9.69 Å². The van der Waals surface area contributed by atoms with Crippen LogP contribution in [0.4, 0.5) is 0 Å². The van der Waals surface area contributed by atoms with E-state index in [2.05, 4.69) is 37.4 Å². The van der Waals surface area contributed by atoms with Gasteiger partial charge in [0, 0.05) is 31.6 Å². The first-order chi connectivity index (χ1) is 11.8. The van der Waals surface area contributed by atoms with Crippen molar-refractivity contribution in [3.8, 4) is 0 Å². The Labute approximate surface area is 153 Å². The second kappa shape index (κ2) is 9.78.